The average molecular weight is 478 g/mol. The first-order valence-corrected chi connectivity index (χ1v) is 10.7. The van der Waals surface area contributed by atoms with Crippen LogP contribution in [0.5, 0.6) is 5.75 Å². The van der Waals surface area contributed by atoms with Crippen molar-refractivity contribution in [2.45, 2.75) is 13.5 Å². The summed E-state index contributed by atoms with van der Waals surface area (Å²) < 4.78 is 7.75. The molecule has 2 amide bonds. The summed E-state index contributed by atoms with van der Waals surface area (Å²) in [6.45, 7) is 7.34. The fourth-order valence-electron chi connectivity index (χ4n) is 3.28. The molecular weight excluding hydrogens is 453 g/mol. The van der Waals surface area contributed by atoms with Gasteiger partial charge in [0.2, 0.25) is 0 Å². The number of halogens is 2. The molecule has 170 valence electrons. The zero-order valence-corrected chi connectivity index (χ0v) is 19.2. The van der Waals surface area contributed by atoms with Gasteiger partial charge in [-0.15, -0.1) is 0 Å². The van der Waals surface area contributed by atoms with Crippen LogP contribution in [0, 0.1) is 0 Å². The largest absolute Gasteiger partial charge is 0.491 e. The third kappa shape index (κ3) is 5.54. The van der Waals surface area contributed by atoms with Crippen LogP contribution >= 0.6 is 23.2 Å². The van der Waals surface area contributed by atoms with E-state index in [-0.39, 0.29) is 24.9 Å². The lowest BCUT2D eigenvalue weighted by Gasteiger charge is -2.19. The van der Waals surface area contributed by atoms with Crippen LogP contribution in [0.15, 0.2) is 59.3 Å². The fraction of sp³-hybridized carbons (Fsp3) is 0.286. The van der Waals surface area contributed by atoms with E-state index < -0.39 is 0 Å². The van der Waals surface area contributed by atoms with E-state index in [9.17, 15) is 4.79 Å². The molecule has 0 saturated carbocycles. The van der Waals surface area contributed by atoms with Crippen LogP contribution in [0.4, 0.5) is 4.79 Å². The Bertz CT molecular complexity index is 1060. The summed E-state index contributed by atoms with van der Waals surface area (Å²) in [4.78, 5) is 18.3. The number of amides is 2. The number of nitrogens with one attached hydrogen (secondary N) is 1. The highest BCUT2D eigenvalue weighted by molar-refractivity contribution is 6.38. The van der Waals surface area contributed by atoms with Gasteiger partial charge in [0.05, 0.1) is 35.9 Å². The van der Waals surface area contributed by atoms with Crippen LogP contribution in [0.2, 0.25) is 10.0 Å². The van der Waals surface area contributed by atoms with Gasteiger partial charge in [0.1, 0.15) is 18.2 Å². The number of benzene rings is 1. The molecule has 0 bridgehead atoms. The van der Waals surface area contributed by atoms with Crippen molar-refractivity contribution in [1.82, 2.24) is 20.0 Å². The number of rotatable bonds is 8. The zero-order valence-electron chi connectivity index (χ0n) is 17.6. The second-order valence-electron chi connectivity index (χ2n) is 7.03. The maximum atomic E-state index is 12.3. The van der Waals surface area contributed by atoms with E-state index in [0.29, 0.717) is 58.0 Å². The molecule has 1 aliphatic rings. The number of aromatic nitrogens is 2. The summed E-state index contributed by atoms with van der Waals surface area (Å²) in [5.74, 6) is 0.469. The van der Waals surface area contributed by atoms with Crippen molar-refractivity contribution in [3.63, 3.8) is 0 Å². The lowest BCUT2D eigenvalue weighted by Crippen LogP contribution is -2.39. The van der Waals surface area contributed by atoms with Crippen LogP contribution < -0.4 is 21.5 Å². The average Bonchev–Trinajstić information content (AvgIpc) is 3.36. The van der Waals surface area contributed by atoms with Gasteiger partial charge < -0.3 is 26.4 Å². The normalized spacial score (nSPS) is 14.1. The Morgan fingerprint density at radius 2 is 2.16 bits per heavy atom. The van der Waals surface area contributed by atoms with Crippen LogP contribution in [-0.4, -0.2) is 52.7 Å². The Balaban J connectivity index is 1.96. The van der Waals surface area contributed by atoms with Gasteiger partial charge in [-0.05, 0) is 25.1 Å². The summed E-state index contributed by atoms with van der Waals surface area (Å²) in [6, 6.07) is 4.83. The van der Waals surface area contributed by atoms with E-state index in [2.05, 4.69) is 22.0 Å². The number of hydrogen-bond donors (Lipinski definition) is 3. The molecule has 2 aromatic rings. The zero-order chi connectivity index (χ0) is 23.3. The Morgan fingerprint density at radius 1 is 1.38 bits per heavy atom. The third-order valence-corrected chi connectivity index (χ3v) is 5.16. The van der Waals surface area contributed by atoms with Gasteiger partial charge in [0.15, 0.2) is 0 Å². The lowest BCUT2D eigenvalue weighted by atomic mass is 10.0. The Kier molecular flexibility index (Phi) is 7.66. The second kappa shape index (κ2) is 10.4. The number of aliphatic imine (C=N–C) groups is 1. The Morgan fingerprint density at radius 3 is 2.81 bits per heavy atom. The molecule has 0 spiro atoms. The van der Waals surface area contributed by atoms with Crippen molar-refractivity contribution in [3.05, 3.63) is 69.9 Å². The summed E-state index contributed by atoms with van der Waals surface area (Å²) in [7, 11) is 0. The molecular formula is C21H25Cl2N7O2. The van der Waals surface area contributed by atoms with E-state index in [1.807, 2.05) is 19.2 Å². The van der Waals surface area contributed by atoms with Crippen molar-refractivity contribution in [3.8, 4) is 5.75 Å². The maximum Gasteiger partial charge on any atom is 0.318 e. The number of carbonyl (C=O) groups is 1. The van der Waals surface area contributed by atoms with E-state index in [1.165, 1.54) is 0 Å². The highest BCUT2D eigenvalue weighted by Gasteiger charge is 2.30. The molecule has 0 fully saturated rings. The molecule has 0 unspecified atom stereocenters. The van der Waals surface area contributed by atoms with Crippen LogP contribution in [0.3, 0.4) is 0 Å². The minimum Gasteiger partial charge on any atom is -0.491 e. The molecule has 0 saturated heterocycles. The van der Waals surface area contributed by atoms with Gasteiger partial charge >= 0.3 is 6.03 Å². The summed E-state index contributed by atoms with van der Waals surface area (Å²) in [5.41, 5.74) is 14.1. The number of hydrogen-bond acceptors (Lipinski definition) is 6. The van der Waals surface area contributed by atoms with Crippen molar-refractivity contribution in [1.29, 1.82) is 0 Å². The molecule has 1 aliphatic heterocycles. The monoisotopic (exact) mass is 477 g/mol. The second-order valence-corrected chi connectivity index (χ2v) is 7.87. The first-order valence-electron chi connectivity index (χ1n) is 9.93. The predicted octanol–water partition coefficient (Wildman–Crippen LogP) is 2.75. The predicted molar refractivity (Wildman–Crippen MR) is 126 cm³/mol. The molecule has 9 nitrogen and oxygen atoms in total. The molecule has 0 radical (unpaired) electrons. The number of nitrogens with two attached hydrogens (primary N) is 2. The SMILES string of the molecule is C=C(N)N=C(C1=C(N)CN(C(=O)NCC)C1)c1c(Cl)cc(Cl)cc1OCCn1cccn1. The number of ether oxygens (including phenoxy) is 1. The van der Waals surface area contributed by atoms with Gasteiger partial charge in [0.25, 0.3) is 0 Å². The molecule has 1 aromatic heterocycles. The summed E-state index contributed by atoms with van der Waals surface area (Å²) in [6.07, 6.45) is 3.52. The number of carbonyl (C=O) groups excluding carboxylic acids is 1. The molecule has 3 rings (SSSR count). The first kappa shape index (κ1) is 23.5. The van der Waals surface area contributed by atoms with Gasteiger partial charge in [0, 0.05) is 35.2 Å². The summed E-state index contributed by atoms with van der Waals surface area (Å²) in [5, 5.41) is 7.63. The maximum absolute atomic E-state index is 12.3. The summed E-state index contributed by atoms with van der Waals surface area (Å²) >= 11 is 12.8. The first-order chi connectivity index (χ1) is 15.3. The quantitative estimate of drug-likeness (QED) is 0.504. The molecule has 11 heteroatoms. The Hall–Kier alpha value is -3.17. The van der Waals surface area contributed by atoms with Crippen molar-refractivity contribution in [2.24, 2.45) is 16.5 Å². The minimum absolute atomic E-state index is 0.0604. The van der Waals surface area contributed by atoms with Crippen molar-refractivity contribution < 1.29 is 9.53 Å². The van der Waals surface area contributed by atoms with E-state index in [1.54, 1.807) is 27.9 Å². The molecule has 1 aromatic carbocycles. The molecule has 2 heterocycles. The van der Waals surface area contributed by atoms with Crippen LogP contribution in [-0.2, 0) is 6.54 Å². The minimum atomic E-state index is -0.228. The standard InChI is InChI=1S/C21H25Cl2N7O2/c1-3-26-21(31)29-11-15(17(25)12-29)20(28-13(2)24)19-16(23)9-14(22)10-18(19)32-8-7-30-6-4-5-27-30/h4-6,9-10H,2-3,7-8,11-12,24-25H2,1H3,(H,26,31). The van der Waals surface area contributed by atoms with Gasteiger partial charge in [-0.1, -0.05) is 29.8 Å². The van der Waals surface area contributed by atoms with E-state index >= 15 is 0 Å². The van der Waals surface area contributed by atoms with Crippen LogP contribution in [0.25, 0.3) is 0 Å². The number of nitrogens with zero attached hydrogens (tertiary/aromatic N) is 4. The third-order valence-electron chi connectivity index (χ3n) is 4.65. The van der Waals surface area contributed by atoms with Gasteiger partial charge in [-0.25, -0.2) is 9.79 Å². The van der Waals surface area contributed by atoms with Gasteiger partial charge in [-0.2, -0.15) is 5.10 Å². The Labute approximate surface area is 196 Å². The molecule has 32 heavy (non-hydrogen) atoms. The highest BCUT2D eigenvalue weighted by Crippen LogP contribution is 2.35. The highest BCUT2D eigenvalue weighted by atomic mass is 35.5. The lowest BCUT2D eigenvalue weighted by molar-refractivity contribution is 0.210. The number of urea groups is 1. The van der Waals surface area contributed by atoms with Crippen molar-refractivity contribution >= 4 is 34.9 Å². The molecule has 5 N–H and O–H groups in total. The van der Waals surface area contributed by atoms with Crippen molar-refractivity contribution in [2.75, 3.05) is 26.2 Å². The van der Waals surface area contributed by atoms with Gasteiger partial charge in [-0.3, -0.25) is 4.68 Å². The molecule has 0 aliphatic carbocycles. The fourth-order valence-corrected chi connectivity index (χ4v) is 3.84. The van der Waals surface area contributed by atoms with E-state index in [0.717, 1.165) is 0 Å². The van der Waals surface area contributed by atoms with E-state index in [4.69, 9.17) is 39.4 Å². The smallest absolute Gasteiger partial charge is 0.318 e. The van der Waals surface area contributed by atoms with Crippen LogP contribution in [0.1, 0.15) is 12.5 Å². The molecule has 0 atom stereocenters. The topological polar surface area (TPSA) is 124 Å².